The molecule has 150 valence electrons. The Morgan fingerprint density at radius 1 is 1.07 bits per heavy atom. The van der Waals surface area contributed by atoms with Crippen molar-refractivity contribution in [2.24, 2.45) is 0 Å². The number of benzene rings is 2. The SMILES string of the molecule is Cc1c(C(=O)NNC(=O)c2ccccc2OCC2CCCO2)oc2ccccc12. The van der Waals surface area contributed by atoms with Crippen LogP contribution >= 0.6 is 0 Å². The Morgan fingerprint density at radius 3 is 2.62 bits per heavy atom. The van der Waals surface area contributed by atoms with E-state index in [2.05, 4.69) is 10.9 Å². The Morgan fingerprint density at radius 2 is 1.83 bits per heavy atom. The molecule has 2 N–H and O–H groups in total. The lowest BCUT2D eigenvalue weighted by molar-refractivity contribution is 0.0668. The van der Waals surface area contributed by atoms with E-state index in [1.807, 2.05) is 18.2 Å². The highest BCUT2D eigenvalue weighted by molar-refractivity contribution is 6.02. The number of amides is 2. The Balaban J connectivity index is 1.41. The van der Waals surface area contributed by atoms with Gasteiger partial charge in [-0.3, -0.25) is 20.4 Å². The third-order valence-electron chi connectivity index (χ3n) is 4.92. The van der Waals surface area contributed by atoms with E-state index in [0.717, 1.165) is 24.8 Å². The molecular weight excluding hydrogens is 372 g/mol. The zero-order valence-corrected chi connectivity index (χ0v) is 16.1. The largest absolute Gasteiger partial charge is 0.490 e. The lowest BCUT2D eigenvalue weighted by Gasteiger charge is -2.14. The second-order valence-electron chi connectivity index (χ2n) is 6.90. The molecule has 2 heterocycles. The third kappa shape index (κ3) is 4.09. The quantitative estimate of drug-likeness (QED) is 0.648. The van der Waals surface area contributed by atoms with Crippen LogP contribution in [0.1, 0.15) is 39.3 Å². The summed E-state index contributed by atoms with van der Waals surface area (Å²) in [6, 6.07) is 14.3. The average molecular weight is 394 g/mol. The molecule has 1 atom stereocenters. The number of furan rings is 1. The molecule has 1 unspecified atom stereocenters. The molecule has 2 aromatic carbocycles. The molecule has 0 radical (unpaired) electrons. The molecule has 4 rings (SSSR count). The van der Waals surface area contributed by atoms with Crippen molar-refractivity contribution < 1.29 is 23.5 Å². The van der Waals surface area contributed by atoms with Gasteiger partial charge in [-0.05, 0) is 38.0 Å². The van der Waals surface area contributed by atoms with E-state index >= 15 is 0 Å². The fourth-order valence-electron chi connectivity index (χ4n) is 3.37. The normalized spacial score (nSPS) is 16.0. The van der Waals surface area contributed by atoms with Gasteiger partial charge in [-0.1, -0.05) is 30.3 Å². The van der Waals surface area contributed by atoms with E-state index in [-0.39, 0.29) is 11.9 Å². The van der Waals surface area contributed by atoms with Gasteiger partial charge in [0.25, 0.3) is 5.91 Å². The standard InChI is InChI=1S/C22H22N2O5/c1-14-16-8-2-5-11-19(16)29-20(14)22(26)24-23-21(25)17-9-3-4-10-18(17)28-13-15-7-6-12-27-15/h2-5,8-11,15H,6-7,12-13H2,1H3,(H,23,25)(H,24,26). The second kappa shape index (κ2) is 8.36. The van der Waals surface area contributed by atoms with E-state index in [0.29, 0.717) is 29.1 Å². The highest BCUT2D eigenvalue weighted by atomic mass is 16.5. The van der Waals surface area contributed by atoms with Crippen molar-refractivity contribution >= 4 is 22.8 Å². The van der Waals surface area contributed by atoms with Gasteiger partial charge in [-0.25, -0.2) is 0 Å². The fourth-order valence-corrected chi connectivity index (χ4v) is 3.37. The Bertz CT molecular complexity index is 1040. The summed E-state index contributed by atoms with van der Waals surface area (Å²) in [5.74, 6) is -0.399. The van der Waals surface area contributed by atoms with Crippen LogP contribution in [-0.2, 0) is 4.74 Å². The molecule has 3 aromatic rings. The molecule has 2 amide bonds. The summed E-state index contributed by atoms with van der Waals surface area (Å²) in [5.41, 5.74) is 6.50. The number of ether oxygens (including phenoxy) is 2. The summed E-state index contributed by atoms with van der Waals surface area (Å²) >= 11 is 0. The van der Waals surface area contributed by atoms with Crippen molar-refractivity contribution in [3.8, 4) is 5.75 Å². The summed E-state index contributed by atoms with van der Waals surface area (Å²) in [7, 11) is 0. The van der Waals surface area contributed by atoms with Crippen molar-refractivity contribution in [1.82, 2.24) is 10.9 Å². The predicted octanol–water partition coefficient (Wildman–Crippen LogP) is 3.37. The van der Waals surface area contributed by atoms with Gasteiger partial charge in [0.1, 0.15) is 17.9 Å². The van der Waals surface area contributed by atoms with Gasteiger partial charge in [-0.15, -0.1) is 0 Å². The number of hydrazine groups is 1. The molecule has 1 fully saturated rings. The van der Waals surface area contributed by atoms with Crippen LogP contribution in [0.5, 0.6) is 5.75 Å². The molecule has 7 heteroatoms. The minimum absolute atomic E-state index is 0.0434. The molecular formula is C22H22N2O5. The average Bonchev–Trinajstić information content (AvgIpc) is 3.39. The predicted molar refractivity (Wildman–Crippen MR) is 107 cm³/mol. The molecule has 0 spiro atoms. The van der Waals surface area contributed by atoms with Crippen molar-refractivity contribution in [3.05, 3.63) is 65.4 Å². The first-order valence-corrected chi connectivity index (χ1v) is 9.55. The van der Waals surface area contributed by atoms with Crippen LogP contribution < -0.4 is 15.6 Å². The number of carbonyl (C=O) groups excluding carboxylic acids is 2. The fraction of sp³-hybridized carbons (Fsp3) is 0.273. The second-order valence-corrected chi connectivity index (χ2v) is 6.90. The number of nitrogens with one attached hydrogen (secondary N) is 2. The maximum absolute atomic E-state index is 12.6. The van der Waals surface area contributed by atoms with Crippen molar-refractivity contribution in [1.29, 1.82) is 0 Å². The first-order chi connectivity index (χ1) is 14.1. The molecule has 0 aliphatic carbocycles. The zero-order valence-electron chi connectivity index (χ0n) is 16.1. The van der Waals surface area contributed by atoms with E-state index in [4.69, 9.17) is 13.9 Å². The van der Waals surface area contributed by atoms with Gasteiger partial charge in [0, 0.05) is 17.6 Å². The van der Waals surface area contributed by atoms with Crippen molar-refractivity contribution in [2.75, 3.05) is 13.2 Å². The van der Waals surface area contributed by atoms with Gasteiger partial charge in [0.05, 0.1) is 11.7 Å². The summed E-state index contributed by atoms with van der Waals surface area (Å²) in [5, 5.41) is 0.858. The summed E-state index contributed by atoms with van der Waals surface area (Å²) in [6.07, 6.45) is 2.01. The van der Waals surface area contributed by atoms with Crippen LogP contribution in [0.4, 0.5) is 0 Å². The van der Waals surface area contributed by atoms with Gasteiger partial charge >= 0.3 is 5.91 Å². The monoisotopic (exact) mass is 394 g/mol. The van der Waals surface area contributed by atoms with Crippen LogP contribution in [0.2, 0.25) is 0 Å². The Hall–Kier alpha value is -3.32. The van der Waals surface area contributed by atoms with Gasteiger partial charge < -0.3 is 13.9 Å². The van der Waals surface area contributed by atoms with Crippen LogP contribution in [0.25, 0.3) is 11.0 Å². The number of aryl methyl sites for hydroxylation is 1. The van der Waals surface area contributed by atoms with Gasteiger partial charge in [-0.2, -0.15) is 0 Å². The molecule has 0 bridgehead atoms. The summed E-state index contributed by atoms with van der Waals surface area (Å²) in [4.78, 5) is 25.1. The summed E-state index contributed by atoms with van der Waals surface area (Å²) < 4.78 is 16.9. The van der Waals surface area contributed by atoms with Crippen molar-refractivity contribution in [3.63, 3.8) is 0 Å². The van der Waals surface area contributed by atoms with E-state index in [1.165, 1.54) is 0 Å². The molecule has 1 aromatic heterocycles. The van der Waals surface area contributed by atoms with Crippen LogP contribution in [-0.4, -0.2) is 31.1 Å². The molecule has 0 saturated carbocycles. The van der Waals surface area contributed by atoms with Gasteiger partial charge in [0.15, 0.2) is 5.76 Å². The minimum atomic E-state index is -0.523. The molecule has 29 heavy (non-hydrogen) atoms. The van der Waals surface area contributed by atoms with E-state index in [9.17, 15) is 9.59 Å². The molecule has 1 saturated heterocycles. The van der Waals surface area contributed by atoms with Crippen molar-refractivity contribution in [2.45, 2.75) is 25.9 Å². The number of carbonyl (C=O) groups is 2. The first kappa shape index (κ1) is 19.0. The topological polar surface area (TPSA) is 89.8 Å². The first-order valence-electron chi connectivity index (χ1n) is 9.55. The smallest absolute Gasteiger partial charge is 0.305 e. The highest BCUT2D eigenvalue weighted by Crippen LogP contribution is 2.25. The van der Waals surface area contributed by atoms with E-state index in [1.54, 1.807) is 37.3 Å². The number of fused-ring (bicyclic) bond motifs is 1. The molecule has 1 aliphatic heterocycles. The third-order valence-corrected chi connectivity index (χ3v) is 4.92. The zero-order chi connectivity index (χ0) is 20.2. The number of rotatable bonds is 5. The number of para-hydroxylation sites is 2. The lowest BCUT2D eigenvalue weighted by atomic mass is 10.1. The lowest BCUT2D eigenvalue weighted by Crippen LogP contribution is -2.41. The minimum Gasteiger partial charge on any atom is -0.490 e. The highest BCUT2D eigenvalue weighted by Gasteiger charge is 2.20. The molecule has 7 nitrogen and oxygen atoms in total. The van der Waals surface area contributed by atoms with E-state index < -0.39 is 11.8 Å². The maximum Gasteiger partial charge on any atom is 0.305 e. The van der Waals surface area contributed by atoms with Gasteiger partial charge in [0.2, 0.25) is 0 Å². The van der Waals surface area contributed by atoms with Crippen LogP contribution in [0.3, 0.4) is 0 Å². The Kier molecular flexibility index (Phi) is 5.48. The number of hydrogen-bond donors (Lipinski definition) is 2. The van der Waals surface area contributed by atoms with Crippen LogP contribution in [0, 0.1) is 6.92 Å². The maximum atomic E-state index is 12.6. The van der Waals surface area contributed by atoms with Crippen LogP contribution in [0.15, 0.2) is 52.9 Å². The molecule has 1 aliphatic rings. The number of hydrogen-bond acceptors (Lipinski definition) is 5. The summed E-state index contributed by atoms with van der Waals surface area (Å²) in [6.45, 7) is 2.93. The Labute approximate surface area is 167 Å².